The molecule has 1 fully saturated rings. The molecule has 6 nitrogen and oxygen atoms in total. The molecule has 132 valence electrons. The molecule has 9 heteroatoms. The molecule has 1 aromatic rings. The van der Waals surface area contributed by atoms with Crippen LogP contribution in [-0.4, -0.2) is 48.1 Å². The van der Waals surface area contributed by atoms with Crippen molar-refractivity contribution in [3.8, 4) is 5.75 Å². The van der Waals surface area contributed by atoms with Crippen molar-refractivity contribution in [1.82, 2.24) is 4.90 Å². The molecule has 2 amide bonds. The number of aliphatic carboxylic acids is 1. The van der Waals surface area contributed by atoms with Gasteiger partial charge in [-0.1, -0.05) is 17.7 Å². The minimum Gasteiger partial charge on any atom is -0.484 e. The molecule has 0 saturated carbocycles. The number of nitrogens with one attached hydrogen (secondary N) is 1. The Morgan fingerprint density at radius 2 is 2.04 bits per heavy atom. The Morgan fingerprint density at radius 3 is 2.62 bits per heavy atom. The molecule has 0 unspecified atom stereocenters. The molecule has 1 saturated heterocycles. The fourth-order valence-electron chi connectivity index (χ4n) is 2.42. The minimum absolute atomic E-state index is 0.0201. The number of likely N-dealkylation sites (tertiary alicyclic amines) is 1. The number of anilines is 1. The molecule has 0 bridgehead atoms. The average Bonchev–Trinajstić information content (AvgIpc) is 2.54. The zero-order chi connectivity index (χ0) is 17.7. The Morgan fingerprint density at radius 1 is 1.38 bits per heavy atom. The number of ether oxygens (including phenoxy) is 1. The predicted octanol–water partition coefficient (Wildman–Crippen LogP) is 3.31. The van der Waals surface area contributed by atoms with Crippen molar-refractivity contribution in [2.45, 2.75) is 19.3 Å². The van der Waals surface area contributed by atoms with Crippen molar-refractivity contribution in [2.75, 3.05) is 25.0 Å². The number of urea groups is 1. The number of nitrogens with zero attached hydrogens (tertiary/aromatic N) is 1. The van der Waals surface area contributed by atoms with Gasteiger partial charge in [0, 0.05) is 13.1 Å². The molecule has 1 aliphatic heterocycles. The van der Waals surface area contributed by atoms with Gasteiger partial charge in [-0.25, -0.2) is 13.6 Å². The maximum atomic E-state index is 12.3. The summed E-state index contributed by atoms with van der Waals surface area (Å²) in [7, 11) is 0. The van der Waals surface area contributed by atoms with Crippen molar-refractivity contribution in [3.63, 3.8) is 0 Å². The standard InChI is InChI=1S/C15H17ClF2N2O4/c16-10-2-1-3-11(13(10)24-8-12(17)18)19-15(23)20-6-4-9(5-7-20)14(21)22/h1-3,9,12H,4-8H2,(H,19,23)(H,21,22). The summed E-state index contributed by atoms with van der Waals surface area (Å²) in [6, 6.07) is 4.07. The van der Waals surface area contributed by atoms with E-state index >= 15 is 0 Å². The third kappa shape index (κ3) is 4.70. The van der Waals surface area contributed by atoms with Crippen LogP contribution in [0.4, 0.5) is 19.3 Å². The first-order valence-electron chi connectivity index (χ1n) is 7.36. The first-order chi connectivity index (χ1) is 11.4. The molecule has 0 aliphatic carbocycles. The summed E-state index contributed by atoms with van der Waals surface area (Å²) in [5.74, 6) is -1.34. The maximum absolute atomic E-state index is 12.3. The van der Waals surface area contributed by atoms with Crippen molar-refractivity contribution in [3.05, 3.63) is 23.2 Å². The van der Waals surface area contributed by atoms with Crippen LogP contribution in [0.2, 0.25) is 5.02 Å². The van der Waals surface area contributed by atoms with Crippen molar-refractivity contribution < 1.29 is 28.2 Å². The second kappa shape index (κ2) is 8.14. The van der Waals surface area contributed by atoms with Crippen molar-refractivity contribution >= 4 is 29.3 Å². The smallest absolute Gasteiger partial charge is 0.321 e. The maximum Gasteiger partial charge on any atom is 0.321 e. The van der Waals surface area contributed by atoms with Crippen LogP contribution >= 0.6 is 11.6 Å². The molecule has 1 aliphatic rings. The summed E-state index contributed by atoms with van der Waals surface area (Å²) in [6.45, 7) is -0.232. The summed E-state index contributed by atoms with van der Waals surface area (Å²) in [5.41, 5.74) is 0.188. The number of carboxylic acid groups (broad SMARTS) is 1. The summed E-state index contributed by atoms with van der Waals surface area (Å²) < 4.78 is 29.6. The largest absolute Gasteiger partial charge is 0.484 e. The lowest BCUT2D eigenvalue weighted by Crippen LogP contribution is -2.42. The fourth-order valence-corrected chi connectivity index (χ4v) is 2.65. The first-order valence-corrected chi connectivity index (χ1v) is 7.74. The van der Waals surface area contributed by atoms with Gasteiger partial charge in [-0.05, 0) is 25.0 Å². The molecule has 0 radical (unpaired) electrons. The lowest BCUT2D eigenvalue weighted by molar-refractivity contribution is -0.143. The van der Waals surface area contributed by atoms with E-state index in [0.29, 0.717) is 25.9 Å². The molecule has 2 N–H and O–H groups in total. The molecule has 1 heterocycles. The summed E-state index contributed by atoms with van der Waals surface area (Å²) in [6.07, 6.45) is -1.93. The van der Waals surface area contributed by atoms with Crippen LogP contribution in [0.15, 0.2) is 18.2 Å². The van der Waals surface area contributed by atoms with E-state index in [1.165, 1.54) is 17.0 Å². The molecule has 0 atom stereocenters. The second-order valence-corrected chi connectivity index (χ2v) is 5.76. The topological polar surface area (TPSA) is 78.9 Å². The van der Waals surface area contributed by atoms with Gasteiger partial charge in [-0.15, -0.1) is 0 Å². The monoisotopic (exact) mass is 362 g/mol. The third-order valence-corrected chi connectivity index (χ3v) is 3.99. The van der Waals surface area contributed by atoms with Crippen LogP contribution in [0, 0.1) is 5.92 Å². The molecule has 0 spiro atoms. The Hall–Kier alpha value is -2.09. The van der Waals surface area contributed by atoms with Gasteiger partial charge < -0.3 is 20.1 Å². The lowest BCUT2D eigenvalue weighted by atomic mass is 9.97. The van der Waals surface area contributed by atoms with Crippen LogP contribution in [0.5, 0.6) is 5.75 Å². The van der Waals surface area contributed by atoms with E-state index in [0.717, 1.165) is 0 Å². The summed E-state index contributed by atoms with van der Waals surface area (Å²) in [4.78, 5) is 24.7. The fraction of sp³-hybridized carbons (Fsp3) is 0.467. The Balaban J connectivity index is 2.01. The SMILES string of the molecule is O=C(O)C1CCN(C(=O)Nc2cccc(Cl)c2OCC(F)F)CC1. The van der Waals surface area contributed by atoms with Crippen LogP contribution in [0.3, 0.4) is 0 Å². The Kier molecular flexibility index (Phi) is 6.19. The van der Waals surface area contributed by atoms with E-state index in [1.807, 2.05) is 0 Å². The van der Waals surface area contributed by atoms with E-state index in [2.05, 4.69) is 5.32 Å². The van der Waals surface area contributed by atoms with E-state index < -0.39 is 31.0 Å². The lowest BCUT2D eigenvalue weighted by Gasteiger charge is -2.30. The number of amides is 2. The number of halogens is 3. The molecular weight excluding hydrogens is 346 g/mol. The van der Waals surface area contributed by atoms with E-state index in [9.17, 15) is 18.4 Å². The normalized spacial score (nSPS) is 15.4. The zero-order valence-electron chi connectivity index (χ0n) is 12.7. The van der Waals surface area contributed by atoms with Gasteiger partial charge in [-0.3, -0.25) is 4.79 Å². The Bertz CT molecular complexity index is 607. The molecule has 1 aromatic carbocycles. The van der Waals surface area contributed by atoms with Crippen LogP contribution in [0.25, 0.3) is 0 Å². The van der Waals surface area contributed by atoms with Gasteiger partial charge in [-0.2, -0.15) is 0 Å². The predicted molar refractivity (Wildman–Crippen MR) is 83.9 cm³/mol. The van der Waals surface area contributed by atoms with Crippen molar-refractivity contribution in [2.24, 2.45) is 5.92 Å². The van der Waals surface area contributed by atoms with E-state index in [4.69, 9.17) is 21.4 Å². The Labute approximate surface area is 142 Å². The highest BCUT2D eigenvalue weighted by Gasteiger charge is 2.27. The first kappa shape index (κ1) is 18.3. The highest BCUT2D eigenvalue weighted by Crippen LogP contribution is 2.33. The van der Waals surface area contributed by atoms with E-state index in [1.54, 1.807) is 6.07 Å². The second-order valence-electron chi connectivity index (χ2n) is 5.35. The highest BCUT2D eigenvalue weighted by molar-refractivity contribution is 6.32. The van der Waals surface area contributed by atoms with Gasteiger partial charge >= 0.3 is 12.0 Å². The third-order valence-electron chi connectivity index (χ3n) is 3.69. The van der Waals surface area contributed by atoms with Crippen LogP contribution in [0.1, 0.15) is 12.8 Å². The van der Waals surface area contributed by atoms with Crippen molar-refractivity contribution in [1.29, 1.82) is 0 Å². The van der Waals surface area contributed by atoms with Gasteiger partial charge in [0.15, 0.2) is 5.75 Å². The molecular formula is C15H17ClF2N2O4. The van der Waals surface area contributed by atoms with Gasteiger partial charge in [0.1, 0.15) is 6.61 Å². The van der Waals surface area contributed by atoms with Gasteiger partial charge in [0.05, 0.1) is 16.6 Å². The quantitative estimate of drug-likeness (QED) is 0.842. The molecule has 2 rings (SSSR count). The molecule has 0 aromatic heterocycles. The number of para-hydroxylation sites is 1. The zero-order valence-corrected chi connectivity index (χ0v) is 13.4. The van der Waals surface area contributed by atoms with Gasteiger partial charge in [0.25, 0.3) is 6.43 Å². The number of carbonyl (C=O) groups excluding carboxylic acids is 1. The number of hydrogen-bond acceptors (Lipinski definition) is 3. The minimum atomic E-state index is -2.67. The summed E-state index contributed by atoms with van der Waals surface area (Å²) >= 11 is 5.94. The number of benzene rings is 1. The summed E-state index contributed by atoms with van der Waals surface area (Å²) in [5, 5.41) is 11.6. The van der Waals surface area contributed by atoms with Gasteiger partial charge in [0.2, 0.25) is 0 Å². The number of carbonyl (C=O) groups is 2. The number of hydrogen-bond donors (Lipinski definition) is 2. The van der Waals surface area contributed by atoms with E-state index in [-0.39, 0.29) is 16.5 Å². The number of rotatable bonds is 5. The van der Waals surface area contributed by atoms with Crippen LogP contribution in [-0.2, 0) is 4.79 Å². The highest BCUT2D eigenvalue weighted by atomic mass is 35.5. The number of carboxylic acids is 1. The average molecular weight is 363 g/mol. The molecule has 24 heavy (non-hydrogen) atoms. The number of piperidine rings is 1. The van der Waals surface area contributed by atoms with Crippen LogP contribution < -0.4 is 10.1 Å². The number of alkyl halides is 2.